The molecule has 0 aromatic heterocycles. The van der Waals surface area contributed by atoms with Crippen LogP contribution in [0.2, 0.25) is 10.0 Å². The Hall–Kier alpha value is -2.78. The van der Waals surface area contributed by atoms with Crippen molar-refractivity contribution in [3.8, 4) is 11.5 Å². The average Bonchev–Trinajstić information content (AvgIpc) is 2.52. The van der Waals surface area contributed by atoms with Gasteiger partial charge in [-0.3, -0.25) is 14.9 Å². The molecule has 0 aliphatic rings. The predicted molar refractivity (Wildman–Crippen MR) is 92.3 cm³/mol. The van der Waals surface area contributed by atoms with Crippen LogP contribution in [0.1, 0.15) is 15.9 Å². The second-order valence-electron chi connectivity index (χ2n) is 4.98. The van der Waals surface area contributed by atoms with Crippen molar-refractivity contribution in [2.45, 2.75) is 6.18 Å². The largest absolute Gasteiger partial charge is 0.457 e. The monoisotopic (exact) mass is 420 g/mol. The SMILES string of the molecule is C=CNC(=O)c1cc(Oc2cc(Cl)c(C(F)(F)F)c(Cl)c2)ccc1[N+](=O)[O-]. The molecule has 0 atom stereocenters. The van der Waals surface area contributed by atoms with Crippen LogP contribution in [-0.2, 0) is 6.18 Å². The second kappa shape index (κ2) is 7.85. The first-order chi connectivity index (χ1) is 12.5. The molecule has 0 aliphatic heterocycles. The molecule has 0 radical (unpaired) electrons. The van der Waals surface area contributed by atoms with Crippen molar-refractivity contribution < 1.29 is 27.6 Å². The molecular weight excluding hydrogens is 412 g/mol. The van der Waals surface area contributed by atoms with Crippen molar-refractivity contribution in [1.82, 2.24) is 5.32 Å². The Kier molecular flexibility index (Phi) is 5.97. The highest BCUT2D eigenvalue weighted by Gasteiger charge is 2.36. The van der Waals surface area contributed by atoms with Crippen molar-refractivity contribution in [2.75, 3.05) is 0 Å². The lowest BCUT2D eigenvalue weighted by Crippen LogP contribution is -2.18. The van der Waals surface area contributed by atoms with Gasteiger partial charge in [0.2, 0.25) is 0 Å². The van der Waals surface area contributed by atoms with E-state index in [1.165, 1.54) is 6.07 Å². The number of nitro benzene ring substituents is 1. The zero-order chi connectivity index (χ0) is 20.4. The third-order valence-electron chi connectivity index (χ3n) is 3.18. The summed E-state index contributed by atoms with van der Waals surface area (Å²) in [5.74, 6) is -1.02. The first kappa shape index (κ1) is 20.5. The normalized spacial score (nSPS) is 11.0. The summed E-state index contributed by atoms with van der Waals surface area (Å²) in [4.78, 5) is 22.2. The Labute approximate surface area is 160 Å². The Balaban J connectivity index is 2.43. The van der Waals surface area contributed by atoms with E-state index in [1.54, 1.807) is 0 Å². The van der Waals surface area contributed by atoms with Gasteiger partial charge in [0.15, 0.2) is 0 Å². The molecule has 0 fully saturated rings. The molecule has 2 aromatic carbocycles. The molecule has 0 bridgehead atoms. The van der Waals surface area contributed by atoms with E-state index in [0.717, 1.165) is 30.5 Å². The first-order valence-corrected chi connectivity index (χ1v) is 7.74. The van der Waals surface area contributed by atoms with Gasteiger partial charge >= 0.3 is 6.18 Å². The van der Waals surface area contributed by atoms with Gasteiger partial charge in [0.25, 0.3) is 11.6 Å². The molecule has 0 spiro atoms. The van der Waals surface area contributed by atoms with Crippen LogP contribution >= 0.6 is 23.2 Å². The van der Waals surface area contributed by atoms with Gasteiger partial charge in [-0.2, -0.15) is 13.2 Å². The van der Waals surface area contributed by atoms with Crippen LogP contribution in [0.5, 0.6) is 11.5 Å². The molecule has 0 heterocycles. The summed E-state index contributed by atoms with van der Waals surface area (Å²) in [6.45, 7) is 3.28. The van der Waals surface area contributed by atoms with Crippen molar-refractivity contribution in [2.24, 2.45) is 0 Å². The van der Waals surface area contributed by atoms with Crippen LogP contribution in [0.15, 0.2) is 43.1 Å². The Bertz CT molecular complexity index is 909. The lowest BCUT2D eigenvalue weighted by molar-refractivity contribution is -0.385. The summed E-state index contributed by atoms with van der Waals surface area (Å²) in [5, 5.41) is 11.9. The molecule has 11 heteroatoms. The Morgan fingerprint density at radius 2 is 1.78 bits per heavy atom. The topological polar surface area (TPSA) is 81.5 Å². The lowest BCUT2D eigenvalue weighted by atomic mass is 10.1. The zero-order valence-electron chi connectivity index (χ0n) is 13.1. The van der Waals surface area contributed by atoms with E-state index in [0.29, 0.717) is 0 Å². The van der Waals surface area contributed by atoms with E-state index in [1.807, 2.05) is 0 Å². The average molecular weight is 421 g/mol. The molecule has 0 aliphatic carbocycles. The standard InChI is InChI=1S/C16H9Cl2F3N2O4/c1-2-22-15(24)10-5-8(3-4-13(10)23(25)26)27-9-6-11(17)14(12(18)7-9)16(19,20)21/h2-7H,1H2,(H,22,24). The molecule has 27 heavy (non-hydrogen) atoms. The summed E-state index contributed by atoms with van der Waals surface area (Å²) in [5.41, 5.74) is -2.04. The van der Waals surface area contributed by atoms with E-state index in [4.69, 9.17) is 27.9 Å². The number of carbonyl (C=O) groups excluding carboxylic acids is 1. The number of rotatable bonds is 5. The molecule has 1 amide bonds. The van der Waals surface area contributed by atoms with Gasteiger partial charge < -0.3 is 10.1 Å². The summed E-state index contributed by atoms with van der Waals surface area (Å²) >= 11 is 11.3. The number of amides is 1. The number of nitro groups is 1. The Morgan fingerprint density at radius 1 is 1.19 bits per heavy atom. The van der Waals surface area contributed by atoms with Crippen LogP contribution in [0.3, 0.4) is 0 Å². The summed E-state index contributed by atoms with van der Waals surface area (Å²) in [6, 6.07) is 5.02. The van der Waals surface area contributed by atoms with Crippen molar-refractivity contribution >= 4 is 34.8 Å². The van der Waals surface area contributed by atoms with E-state index < -0.39 is 38.3 Å². The third-order valence-corrected chi connectivity index (χ3v) is 3.77. The minimum absolute atomic E-state index is 0.0540. The van der Waals surface area contributed by atoms with Gasteiger partial charge in [-0.05, 0) is 12.3 Å². The molecule has 142 valence electrons. The van der Waals surface area contributed by atoms with Gasteiger partial charge in [-0.15, -0.1) is 0 Å². The minimum atomic E-state index is -4.75. The maximum absolute atomic E-state index is 12.9. The molecule has 0 saturated heterocycles. The van der Waals surface area contributed by atoms with Crippen molar-refractivity contribution in [1.29, 1.82) is 0 Å². The van der Waals surface area contributed by atoms with Gasteiger partial charge in [-0.25, -0.2) is 0 Å². The smallest absolute Gasteiger partial charge is 0.419 e. The summed E-state index contributed by atoms with van der Waals surface area (Å²) in [7, 11) is 0. The fraction of sp³-hybridized carbons (Fsp3) is 0.0625. The molecule has 2 aromatic rings. The van der Waals surface area contributed by atoms with Crippen LogP contribution in [0.25, 0.3) is 0 Å². The quantitative estimate of drug-likeness (QED) is 0.505. The highest BCUT2D eigenvalue weighted by atomic mass is 35.5. The number of nitrogens with zero attached hydrogens (tertiary/aromatic N) is 1. The second-order valence-corrected chi connectivity index (χ2v) is 5.79. The molecule has 6 nitrogen and oxygen atoms in total. The number of nitrogens with one attached hydrogen (secondary N) is 1. The zero-order valence-corrected chi connectivity index (χ0v) is 14.7. The van der Waals surface area contributed by atoms with Crippen LogP contribution in [0.4, 0.5) is 18.9 Å². The molecule has 0 saturated carbocycles. The maximum atomic E-state index is 12.9. The number of hydrogen-bond acceptors (Lipinski definition) is 4. The van der Waals surface area contributed by atoms with Crippen molar-refractivity contribution in [3.63, 3.8) is 0 Å². The number of ether oxygens (including phenoxy) is 1. The van der Waals surface area contributed by atoms with E-state index >= 15 is 0 Å². The van der Waals surface area contributed by atoms with E-state index in [9.17, 15) is 28.1 Å². The third kappa shape index (κ3) is 4.69. The highest BCUT2D eigenvalue weighted by molar-refractivity contribution is 6.36. The number of benzene rings is 2. The number of alkyl halides is 3. The van der Waals surface area contributed by atoms with E-state index in [-0.39, 0.29) is 17.1 Å². The molecule has 2 rings (SSSR count). The fourth-order valence-electron chi connectivity index (χ4n) is 2.11. The van der Waals surface area contributed by atoms with Gasteiger partial charge in [0, 0.05) is 24.3 Å². The summed E-state index contributed by atoms with van der Waals surface area (Å²) < 4.78 is 44.0. The van der Waals surface area contributed by atoms with Gasteiger partial charge in [0.1, 0.15) is 17.1 Å². The highest BCUT2D eigenvalue weighted by Crippen LogP contribution is 2.42. The number of carbonyl (C=O) groups is 1. The predicted octanol–water partition coefficient (Wildman–Crippen LogP) is 5.59. The number of halogens is 5. The van der Waals surface area contributed by atoms with Gasteiger partial charge in [0.05, 0.1) is 20.5 Å². The van der Waals surface area contributed by atoms with Crippen LogP contribution < -0.4 is 10.1 Å². The van der Waals surface area contributed by atoms with E-state index in [2.05, 4.69) is 11.9 Å². The molecule has 1 N–H and O–H groups in total. The molecular formula is C16H9Cl2F3N2O4. The summed E-state index contributed by atoms with van der Waals surface area (Å²) in [6.07, 6.45) is -3.72. The number of hydrogen-bond donors (Lipinski definition) is 1. The first-order valence-electron chi connectivity index (χ1n) is 6.99. The van der Waals surface area contributed by atoms with Gasteiger partial charge in [-0.1, -0.05) is 29.8 Å². The Morgan fingerprint density at radius 3 is 2.26 bits per heavy atom. The van der Waals surface area contributed by atoms with Crippen molar-refractivity contribution in [3.05, 3.63) is 74.4 Å². The maximum Gasteiger partial charge on any atom is 0.419 e. The lowest BCUT2D eigenvalue weighted by Gasteiger charge is -2.13. The fourth-order valence-corrected chi connectivity index (χ4v) is 2.79. The van der Waals surface area contributed by atoms with Crippen LogP contribution in [0, 0.1) is 10.1 Å². The van der Waals surface area contributed by atoms with Crippen LogP contribution in [-0.4, -0.2) is 10.8 Å². The minimum Gasteiger partial charge on any atom is -0.457 e. The molecule has 0 unspecified atom stereocenters.